The molecule has 0 amide bonds. The van der Waals surface area contributed by atoms with Crippen molar-refractivity contribution in [3.63, 3.8) is 0 Å². The highest BCUT2D eigenvalue weighted by Gasteiger charge is 2.25. The molecule has 0 saturated carbocycles. The van der Waals surface area contributed by atoms with Crippen LogP contribution in [0.3, 0.4) is 0 Å². The first kappa shape index (κ1) is 14.3. The van der Waals surface area contributed by atoms with Gasteiger partial charge in [-0.05, 0) is 45.7 Å². The Balaban J connectivity index is 1.74. The third kappa shape index (κ3) is 3.18. The van der Waals surface area contributed by atoms with E-state index in [1.807, 2.05) is 6.26 Å². The third-order valence-corrected chi connectivity index (χ3v) is 4.57. The molecule has 2 aromatic rings. The van der Waals surface area contributed by atoms with Crippen LogP contribution in [0.4, 0.5) is 0 Å². The number of piperidine rings is 1. The summed E-state index contributed by atoms with van der Waals surface area (Å²) in [6, 6.07) is 9.58. The average molecular weight is 284 g/mol. The van der Waals surface area contributed by atoms with Crippen molar-refractivity contribution < 1.29 is 4.42 Å². The Hall–Kier alpha value is -1.61. The van der Waals surface area contributed by atoms with Crippen LogP contribution in [-0.4, -0.2) is 22.0 Å². The number of benzene rings is 1. The van der Waals surface area contributed by atoms with Gasteiger partial charge in [0.15, 0.2) is 0 Å². The van der Waals surface area contributed by atoms with E-state index in [-0.39, 0.29) is 0 Å². The maximum atomic E-state index is 5.66. The van der Waals surface area contributed by atoms with Crippen molar-refractivity contribution >= 4 is 0 Å². The van der Waals surface area contributed by atoms with E-state index < -0.39 is 0 Å². The van der Waals surface area contributed by atoms with Crippen LogP contribution < -0.4 is 0 Å². The summed E-state index contributed by atoms with van der Waals surface area (Å²) in [6.07, 6.45) is 5.72. The van der Waals surface area contributed by atoms with Gasteiger partial charge >= 0.3 is 0 Å². The number of hydrogen-bond donors (Lipinski definition) is 0. The first-order valence-electron chi connectivity index (χ1n) is 7.90. The lowest BCUT2D eigenvalue weighted by atomic mass is 9.97. The topological polar surface area (TPSA) is 29.3 Å². The third-order valence-electron chi connectivity index (χ3n) is 4.57. The molecule has 0 unspecified atom stereocenters. The zero-order valence-corrected chi connectivity index (χ0v) is 13.2. The number of aryl methyl sites for hydroxylation is 1. The number of rotatable bonds is 3. The van der Waals surface area contributed by atoms with Crippen molar-refractivity contribution in [2.75, 3.05) is 0 Å². The van der Waals surface area contributed by atoms with Crippen molar-refractivity contribution in [2.24, 2.45) is 0 Å². The first-order chi connectivity index (χ1) is 10.1. The van der Waals surface area contributed by atoms with Crippen LogP contribution in [-0.2, 0) is 6.54 Å². The molecule has 3 rings (SSSR count). The molecular weight excluding hydrogens is 260 g/mol. The largest absolute Gasteiger partial charge is 0.444 e. The standard InChI is InChI=1S/C18H24N2O/c1-13-7-9-16(10-8-13)18-19-17(12-21-18)11-20-14(2)5-4-6-15(20)3/h7-10,12,14-15H,4-6,11H2,1-3H3/t14-,15+. The lowest BCUT2D eigenvalue weighted by molar-refractivity contribution is 0.0938. The van der Waals surface area contributed by atoms with Gasteiger partial charge in [-0.1, -0.05) is 24.1 Å². The molecule has 112 valence electrons. The van der Waals surface area contributed by atoms with Crippen LogP contribution in [0.2, 0.25) is 0 Å². The Morgan fingerprint density at radius 1 is 1.14 bits per heavy atom. The van der Waals surface area contributed by atoms with E-state index in [0.29, 0.717) is 12.1 Å². The monoisotopic (exact) mass is 284 g/mol. The first-order valence-corrected chi connectivity index (χ1v) is 7.90. The second kappa shape index (κ2) is 6.02. The predicted molar refractivity (Wildman–Crippen MR) is 85.0 cm³/mol. The Labute approximate surface area is 127 Å². The van der Waals surface area contributed by atoms with Gasteiger partial charge in [-0.15, -0.1) is 0 Å². The van der Waals surface area contributed by atoms with Crippen LogP contribution in [0.25, 0.3) is 11.5 Å². The summed E-state index contributed by atoms with van der Waals surface area (Å²) in [5.41, 5.74) is 3.33. The van der Waals surface area contributed by atoms with Crippen LogP contribution >= 0.6 is 0 Å². The molecule has 3 nitrogen and oxygen atoms in total. The van der Waals surface area contributed by atoms with Crippen molar-refractivity contribution in [1.29, 1.82) is 0 Å². The molecular formula is C18H24N2O. The number of aromatic nitrogens is 1. The van der Waals surface area contributed by atoms with Crippen LogP contribution in [0.1, 0.15) is 44.4 Å². The highest BCUT2D eigenvalue weighted by Crippen LogP contribution is 2.25. The van der Waals surface area contributed by atoms with Gasteiger partial charge in [-0.3, -0.25) is 4.90 Å². The molecule has 0 bridgehead atoms. The second-order valence-corrected chi connectivity index (χ2v) is 6.31. The zero-order chi connectivity index (χ0) is 14.8. The number of likely N-dealkylation sites (tertiary alicyclic amines) is 1. The Kier molecular flexibility index (Phi) is 4.11. The summed E-state index contributed by atoms with van der Waals surface area (Å²) in [7, 11) is 0. The van der Waals surface area contributed by atoms with Gasteiger partial charge in [0, 0.05) is 24.2 Å². The molecule has 21 heavy (non-hydrogen) atoms. The van der Waals surface area contributed by atoms with Crippen LogP contribution in [0.15, 0.2) is 34.9 Å². The van der Waals surface area contributed by atoms with E-state index in [9.17, 15) is 0 Å². The van der Waals surface area contributed by atoms with Crippen molar-refractivity contribution in [2.45, 2.75) is 58.7 Å². The van der Waals surface area contributed by atoms with E-state index in [1.165, 1.54) is 24.8 Å². The lowest BCUT2D eigenvalue weighted by Crippen LogP contribution is -2.43. The van der Waals surface area contributed by atoms with Gasteiger partial charge in [0.25, 0.3) is 0 Å². The fraction of sp³-hybridized carbons (Fsp3) is 0.500. The fourth-order valence-corrected chi connectivity index (χ4v) is 3.18. The van der Waals surface area contributed by atoms with Crippen molar-refractivity contribution in [3.05, 3.63) is 41.8 Å². The zero-order valence-electron chi connectivity index (χ0n) is 13.2. The molecule has 2 heterocycles. The normalized spacial score (nSPS) is 23.4. The van der Waals surface area contributed by atoms with E-state index in [0.717, 1.165) is 23.7 Å². The van der Waals surface area contributed by atoms with E-state index in [4.69, 9.17) is 4.42 Å². The van der Waals surface area contributed by atoms with E-state index in [2.05, 4.69) is 54.9 Å². The highest BCUT2D eigenvalue weighted by atomic mass is 16.3. The SMILES string of the molecule is Cc1ccc(-c2nc(CN3[C@H](C)CCC[C@@H]3C)co2)cc1. The minimum Gasteiger partial charge on any atom is -0.444 e. The van der Waals surface area contributed by atoms with E-state index >= 15 is 0 Å². The summed E-state index contributed by atoms with van der Waals surface area (Å²) in [4.78, 5) is 7.21. The van der Waals surface area contributed by atoms with Gasteiger partial charge in [-0.2, -0.15) is 0 Å². The lowest BCUT2D eigenvalue weighted by Gasteiger charge is -2.38. The molecule has 0 N–H and O–H groups in total. The summed E-state index contributed by atoms with van der Waals surface area (Å²) < 4.78 is 5.66. The molecule has 1 saturated heterocycles. The molecule has 2 atom stereocenters. The molecule has 3 heteroatoms. The average Bonchev–Trinajstić information content (AvgIpc) is 2.92. The Morgan fingerprint density at radius 3 is 2.48 bits per heavy atom. The summed E-state index contributed by atoms with van der Waals surface area (Å²) >= 11 is 0. The Morgan fingerprint density at radius 2 is 1.81 bits per heavy atom. The quantitative estimate of drug-likeness (QED) is 0.836. The van der Waals surface area contributed by atoms with Gasteiger partial charge in [-0.25, -0.2) is 4.98 Å². The number of hydrogen-bond acceptors (Lipinski definition) is 3. The molecule has 1 fully saturated rings. The number of oxazole rings is 1. The smallest absolute Gasteiger partial charge is 0.226 e. The maximum Gasteiger partial charge on any atom is 0.226 e. The molecule has 0 spiro atoms. The van der Waals surface area contributed by atoms with Crippen molar-refractivity contribution in [1.82, 2.24) is 9.88 Å². The van der Waals surface area contributed by atoms with E-state index in [1.54, 1.807) is 0 Å². The summed E-state index contributed by atoms with van der Waals surface area (Å²) in [6.45, 7) is 7.61. The molecule has 0 aliphatic carbocycles. The van der Waals surface area contributed by atoms with Crippen LogP contribution in [0, 0.1) is 6.92 Å². The summed E-state index contributed by atoms with van der Waals surface area (Å²) in [5, 5.41) is 0. The van der Waals surface area contributed by atoms with Crippen molar-refractivity contribution in [3.8, 4) is 11.5 Å². The second-order valence-electron chi connectivity index (χ2n) is 6.31. The van der Waals surface area contributed by atoms with Gasteiger partial charge in [0.05, 0.1) is 5.69 Å². The molecule has 1 aromatic carbocycles. The van der Waals surface area contributed by atoms with Gasteiger partial charge < -0.3 is 4.42 Å². The summed E-state index contributed by atoms with van der Waals surface area (Å²) in [5.74, 6) is 0.724. The minimum absolute atomic E-state index is 0.633. The van der Waals surface area contributed by atoms with Gasteiger partial charge in [0.1, 0.15) is 6.26 Å². The molecule has 1 aliphatic rings. The minimum atomic E-state index is 0.633. The highest BCUT2D eigenvalue weighted by molar-refractivity contribution is 5.53. The predicted octanol–water partition coefficient (Wildman–Crippen LogP) is 4.41. The molecule has 0 radical (unpaired) electrons. The maximum absolute atomic E-state index is 5.66. The fourth-order valence-electron chi connectivity index (χ4n) is 3.18. The molecule has 1 aromatic heterocycles. The van der Waals surface area contributed by atoms with Crippen LogP contribution in [0.5, 0.6) is 0 Å². The molecule has 1 aliphatic heterocycles. The number of nitrogens with zero attached hydrogens (tertiary/aromatic N) is 2. The Bertz CT molecular complexity index is 578. The van der Waals surface area contributed by atoms with Gasteiger partial charge in [0.2, 0.25) is 5.89 Å².